The van der Waals surface area contributed by atoms with E-state index in [-0.39, 0.29) is 11.9 Å². The van der Waals surface area contributed by atoms with E-state index in [0.29, 0.717) is 12.5 Å². The molecule has 0 aromatic carbocycles. The Bertz CT molecular complexity index is 464. The van der Waals surface area contributed by atoms with Gasteiger partial charge in [-0.15, -0.1) is 0 Å². The van der Waals surface area contributed by atoms with Gasteiger partial charge in [0.25, 0.3) is 0 Å². The Balaban J connectivity index is 1.84. The van der Waals surface area contributed by atoms with Gasteiger partial charge in [-0.1, -0.05) is 6.92 Å². The molecule has 1 heterocycles. The van der Waals surface area contributed by atoms with Gasteiger partial charge in [-0.2, -0.15) is 0 Å². The summed E-state index contributed by atoms with van der Waals surface area (Å²) in [6.45, 7) is 4.62. The van der Waals surface area contributed by atoms with E-state index in [9.17, 15) is 4.79 Å². The van der Waals surface area contributed by atoms with Gasteiger partial charge < -0.3 is 14.5 Å². The van der Waals surface area contributed by atoms with Crippen LogP contribution in [-0.2, 0) is 9.53 Å². The van der Waals surface area contributed by atoms with Crippen LogP contribution in [0.1, 0.15) is 37.7 Å². The van der Waals surface area contributed by atoms with Gasteiger partial charge in [0, 0.05) is 25.1 Å². The minimum Gasteiger partial charge on any atom is -0.461 e. The lowest BCUT2D eigenvalue weighted by molar-refractivity contribution is -0.117. The van der Waals surface area contributed by atoms with Crippen molar-refractivity contribution in [2.45, 2.75) is 32.2 Å². The normalized spacial score (nSPS) is 23.5. The lowest BCUT2D eigenvalue weighted by Gasteiger charge is -2.10. The summed E-state index contributed by atoms with van der Waals surface area (Å²) in [4.78, 5) is 11.6. The van der Waals surface area contributed by atoms with Crippen LogP contribution in [0.5, 0.6) is 0 Å². The molecule has 1 aliphatic rings. The Morgan fingerprint density at radius 3 is 3.00 bits per heavy atom. The van der Waals surface area contributed by atoms with Gasteiger partial charge in [-0.3, -0.25) is 4.79 Å². The van der Waals surface area contributed by atoms with Crippen molar-refractivity contribution in [3.8, 4) is 0 Å². The van der Waals surface area contributed by atoms with Crippen LogP contribution in [0.25, 0.3) is 6.08 Å². The maximum Gasteiger partial charge on any atom is 0.244 e. The maximum atomic E-state index is 11.6. The lowest BCUT2D eigenvalue weighted by Crippen LogP contribution is -2.34. The first kappa shape index (κ1) is 13.9. The molecule has 0 aliphatic heterocycles. The van der Waals surface area contributed by atoms with Gasteiger partial charge in [0.05, 0.1) is 6.61 Å². The highest BCUT2D eigenvalue weighted by atomic mass is 16.5. The second-order valence-electron chi connectivity index (χ2n) is 5.26. The minimum atomic E-state index is -0.137. The molecule has 0 spiro atoms. The van der Waals surface area contributed by atoms with Crippen molar-refractivity contribution in [2.24, 2.45) is 5.92 Å². The molecule has 1 amide bonds. The molecule has 1 aromatic heterocycles. The molecule has 0 bridgehead atoms. The third-order valence-electron chi connectivity index (χ3n) is 3.33. The summed E-state index contributed by atoms with van der Waals surface area (Å²) in [6.07, 6.45) is 4.39. The molecule has 1 N–H and O–H groups in total. The van der Waals surface area contributed by atoms with E-state index in [4.69, 9.17) is 9.15 Å². The Morgan fingerprint density at radius 1 is 1.63 bits per heavy atom. The molecular formula is C15H21NO3. The monoisotopic (exact) mass is 263 g/mol. The molecule has 4 heteroatoms. The highest BCUT2D eigenvalue weighted by Crippen LogP contribution is 2.47. The quantitative estimate of drug-likeness (QED) is 0.802. The first-order valence-corrected chi connectivity index (χ1v) is 6.67. The van der Waals surface area contributed by atoms with Gasteiger partial charge in [0.1, 0.15) is 11.5 Å². The van der Waals surface area contributed by atoms with Gasteiger partial charge in [0.2, 0.25) is 5.91 Å². The molecule has 1 saturated carbocycles. The Hall–Kier alpha value is -1.55. The van der Waals surface area contributed by atoms with Crippen molar-refractivity contribution in [3.05, 3.63) is 29.7 Å². The number of carbonyl (C=O) groups is 1. The van der Waals surface area contributed by atoms with Gasteiger partial charge in [-0.25, -0.2) is 0 Å². The van der Waals surface area contributed by atoms with Crippen molar-refractivity contribution in [1.82, 2.24) is 5.32 Å². The number of furan rings is 1. The Kier molecular flexibility index (Phi) is 4.43. The first-order valence-electron chi connectivity index (χ1n) is 6.67. The summed E-state index contributed by atoms with van der Waals surface area (Å²) in [6, 6.07) is 3.91. The molecule has 0 radical (unpaired) electrons. The van der Waals surface area contributed by atoms with Crippen LogP contribution in [-0.4, -0.2) is 25.7 Å². The van der Waals surface area contributed by atoms with Crippen molar-refractivity contribution in [1.29, 1.82) is 0 Å². The molecule has 0 saturated heterocycles. The zero-order valence-corrected chi connectivity index (χ0v) is 11.7. The minimum absolute atomic E-state index is 0.00151. The predicted molar refractivity (Wildman–Crippen MR) is 73.7 cm³/mol. The zero-order chi connectivity index (χ0) is 13.8. The van der Waals surface area contributed by atoms with Crippen molar-refractivity contribution < 1.29 is 13.9 Å². The summed E-state index contributed by atoms with van der Waals surface area (Å²) in [5.41, 5.74) is 0. The molecule has 1 fully saturated rings. The number of methoxy groups -OCH3 is 1. The summed E-state index contributed by atoms with van der Waals surface area (Å²) >= 11 is 0. The van der Waals surface area contributed by atoms with Crippen LogP contribution in [0, 0.1) is 5.92 Å². The lowest BCUT2D eigenvalue weighted by atomic mass is 10.3. The van der Waals surface area contributed by atoms with Crippen LogP contribution in [0.2, 0.25) is 0 Å². The summed E-state index contributed by atoms with van der Waals surface area (Å²) in [5, 5.41) is 2.81. The number of rotatable bonds is 6. The van der Waals surface area contributed by atoms with Gasteiger partial charge >= 0.3 is 0 Å². The second kappa shape index (κ2) is 6.06. The topological polar surface area (TPSA) is 51.5 Å². The first-order chi connectivity index (χ1) is 9.10. The van der Waals surface area contributed by atoms with Crippen LogP contribution in [0.3, 0.4) is 0 Å². The molecule has 3 unspecified atom stereocenters. The molecule has 1 aliphatic carbocycles. The average molecular weight is 263 g/mol. The molecule has 1 aromatic rings. The number of carbonyl (C=O) groups excluding carboxylic acids is 1. The molecular weight excluding hydrogens is 242 g/mol. The third-order valence-corrected chi connectivity index (χ3v) is 3.33. The second-order valence-corrected chi connectivity index (χ2v) is 5.26. The van der Waals surface area contributed by atoms with E-state index in [1.165, 1.54) is 12.5 Å². The summed E-state index contributed by atoms with van der Waals surface area (Å²) in [5.74, 6) is 2.91. The summed E-state index contributed by atoms with van der Waals surface area (Å²) < 4.78 is 10.6. The smallest absolute Gasteiger partial charge is 0.244 e. The van der Waals surface area contributed by atoms with Crippen molar-refractivity contribution in [3.63, 3.8) is 0 Å². The van der Waals surface area contributed by atoms with E-state index in [0.717, 1.165) is 17.4 Å². The fourth-order valence-electron chi connectivity index (χ4n) is 2.12. The van der Waals surface area contributed by atoms with E-state index in [1.54, 1.807) is 13.2 Å². The largest absolute Gasteiger partial charge is 0.461 e. The number of amides is 1. The fourth-order valence-corrected chi connectivity index (χ4v) is 2.12. The van der Waals surface area contributed by atoms with E-state index in [1.807, 2.05) is 19.1 Å². The van der Waals surface area contributed by atoms with E-state index >= 15 is 0 Å². The van der Waals surface area contributed by atoms with Crippen molar-refractivity contribution >= 4 is 12.0 Å². The molecule has 104 valence electrons. The number of hydrogen-bond donors (Lipinski definition) is 1. The maximum absolute atomic E-state index is 11.6. The fraction of sp³-hybridized carbons (Fsp3) is 0.533. The van der Waals surface area contributed by atoms with Crippen LogP contribution in [0.4, 0.5) is 0 Å². The van der Waals surface area contributed by atoms with E-state index < -0.39 is 0 Å². The van der Waals surface area contributed by atoms with Crippen LogP contribution >= 0.6 is 0 Å². The predicted octanol–water partition coefficient (Wildman–Crippen LogP) is 2.57. The highest BCUT2D eigenvalue weighted by molar-refractivity contribution is 5.91. The standard InChI is InChI=1S/C15H21NO3/c1-10-8-13(10)14-6-4-12(19-14)5-7-15(17)16-11(2)9-18-3/h4-7,10-11,13H,8-9H2,1-3H3,(H,16,17). The van der Waals surface area contributed by atoms with Gasteiger partial charge in [-0.05, 0) is 37.5 Å². The zero-order valence-electron chi connectivity index (χ0n) is 11.7. The molecule has 2 rings (SSSR count). The van der Waals surface area contributed by atoms with Crippen LogP contribution in [0.15, 0.2) is 22.6 Å². The third kappa shape index (κ3) is 3.96. The average Bonchev–Trinajstić information content (AvgIpc) is 2.91. The molecule has 19 heavy (non-hydrogen) atoms. The van der Waals surface area contributed by atoms with Crippen LogP contribution < -0.4 is 5.32 Å². The Labute approximate surface area is 113 Å². The van der Waals surface area contributed by atoms with E-state index in [2.05, 4.69) is 12.2 Å². The SMILES string of the molecule is COCC(C)NC(=O)C=Cc1ccc(C2CC2C)o1. The van der Waals surface area contributed by atoms with Crippen molar-refractivity contribution in [2.75, 3.05) is 13.7 Å². The number of ether oxygens (including phenoxy) is 1. The Morgan fingerprint density at radius 2 is 2.37 bits per heavy atom. The van der Waals surface area contributed by atoms with Gasteiger partial charge in [0.15, 0.2) is 0 Å². The molecule has 3 atom stereocenters. The highest BCUT2D eigenvalue weighted by Gasteiger charge is 2.36. The number of nitrogens with one attached hydrogen (secondary N) is 1. The summed E-state index contributed by atoms with van der Waals surface area (Å²) in [7, 11) is 1.61. The molecule has 4 nitrogen and oxygen atoms in total. The number of hydrogen-bond acceptors (Lipinski definition) is 3.